The van der Waals surface area contributed by atoms with E-state index in [1.165, 1.54) is 23.5 Å². The highest BCUT2D eigenvalue weighted by Crippen LogP contribution is 2.44. The van der Waals surface area contributed by atoms with Gasteiger partial charge in [-0.1, -0.05) is 42.5 Å². The first-order valence-electron chi connectivity index (χ1n) is 7.79. The van der Waals surface area contributed by atoms with Crippen molar-refractivity contribution in [2.24, 2.45) is 0 Å². The Kier molecular flexibility index (Phi) is 3.58. The van der Waals surface area contributed by atoms with E-state index in [1.54, 1.807) is 12.1 Å². The molecule has 4 rings (SSSR count). The van der Waals surface area contributed by atoms with Crippen molar-refractivity contribution in [3.63, 3.8) is 0 Å². The van der Waals surface area contributed by atoms with Crippen molar-refractivity contribution in [2.45, 2.75) is 6.92 Å². The van der Waals surface area contributed by atoms with E-state index >= 15 is 0 Å². The lowest BCUT2D eigenvalue weighted by atomic mass is 9.99. The van der Waals surface area contributed by atoms with Gasteiger partial charge in [0.25, 0.3) is 5.56 Å². The number of aryl methyl sites for hydroxylation is 1. The van der Waals surface area contributed by atoms with E-state index in [1.807, 2.05) is 37.3 Å². The maximum Gasteiger partial charge on any atom is 0.260 e. The number of nitrogens with one attached hydrogen (secondary N) is 1. The molecular weight excluding hydrogens is 334 g/mol. The van der Waals surface area contributed by atoms with Gasteiger partial charge in [-0.15, -0.1) is 11.3 Å². The van der Waals surface area contributed by atoms with Gasteiger partial charge >= 0.3 is 0 Å². The summed E-state index contributed by atoms with van der Waals surface area (Å²) in [6.45, 7) is 1.98. The number of phenols is 1. The van der Waals surface area contributed by atoms with Crippen molar-refractivity contribution in [3.8, 4) is 33.8 Å². The number of pyridine rings is 1. The first-order valence-corrected chi connectivity index (χ1v) is 8.61. The van der Waals surface area contributed by atoms with Gasteiger partial charge < -0.3 is 15.2 Å². The third kappa shape index (κ3) is 2.49. The monoisotopic (exact) mass is 349 g/mol. The van der Waals surface area contributed by atoms with E-state index in [-0.39, 0.29) is 22.6 Å². The van der Waals surface area contributed by atoms with Gasteiger partial charge in [0.05, 0.1) is 10.9 Å². The summed E-state index contributed by atoms with van der Waals surface area (Å²) >= 11 is 1.45. The van der Waals surface area contributed by atoms with E-state index in [9.17, 15) is 15.0 Å². The van der Waals surface area contributed by atoms with Gasteiger partial charge in [0.15, 0.2) is 0 Å². The van der Waals surface area contributed by atoms with Crippen LogP contribution in [0, 0.1) is 6.92 Å². The van der Waals surface area contributed by atoms with Crippen LogP contribution in [0.3, 0.4) is 0 Å². The molecule has 0 saturated carbocycles. The van der Waals surface area contributed by atoms with Crippen molar-refractivity contribution < 1.29 is 10.2 Å². The Labute approximate surface area is 147 Å². The van der Waals surface area contributed by atoms with Crippen LogP contribution in [0.1, 0.15) is 4.88 Å². The summed E-state index contributed by atoms with van der Waals surface area (Å²) in [7, 11) is 0. The number of H-pyrrole nitrogens is 1. The second-order valence-corrected chi connectivity index (χ2v) is 7.05. The molecule has 5 heteroatoms. The molecule has 0 aliphatic heterocycles. The summed E-state index contributed by atoms with van der Waals surface area (Å²) in [6.07, 6.45) is 0. The maximum atomic E-state index is 12.5. The molecule has 0 bridgehead atoms. The molecule has 2 heterocycles. The first kappa shape index (κ1) is 15.5. The van der Waals surface area contributed by atoms with Gasteiger partial charge in [0.2, 0.25) is 0 Å². The summed E-state index contributed by atoms with van der Waals surface area (Å²) in [6, 6.07) is 16.0. The number of aromatic hydroxyl groups is 2. The third-order valence-electron chi connectivity index (χ3n) is 4.23. The minimum atomic E-state index is -0.350. The molecule has 0 amide bonds. The first-order chi connectivity index (χ1) is 12.1. The van der Waals surface area contributed by atoms with Crippen molar-refractivity contribution in [1.29, 1.82) is 0 Å². The number of rotatable bonds is 2. The van der Waals surface area contributed by atoms with E-state index in [2.05, 4.69) is 4.98 Å². The zero-order chi connectivity index (χ0) is 17.6. The lowest BCUT2D eigenvalue weighted by Gasteiger charge is -2.08. The molecule has 2 aromatic heterocycles. The van der Waals surface area contributed by atoms with Crippen LogP contribution in [0.15, 0.2) is 59.4 Å². The normalized spacial score (nSPS) is 11.1. The number of hydrogen-bond acceptors (Lipinski definition) is 4. The number of benzene rings is 2. The Balaban J connectivity index is 2.07. The average molecular weight is 349 g/mol. The summed E-state index contributed by atoms with van der Waals surface area (Å²) in [5, 5.41) is 21.0. The Hall–Kier alpha value is -3.05. The number of aromatic amines is 1. The van der Waals surface area contributed by atoms with Crippen LogP contribution in [0.2, 0.25) is 0 Å². The second kappa shape index (κ2) is 5.79. The second-order valence-electron chi connectivity index (χ2n) is 5.83. The highest BCUT2D eigenvalue weighted by molar-refractivity contribution is 7.19. The number of thiophene rings is 1. The minimum Gasteiger partial charge on any atom is -0.508 e. The highest BCUT2D eigenvalue weighted by atomic mass is 32.1. The van der Waals surface area contributed by atoms with Crippen molar-refractivity contribution in [3.05, 3.63) is 69.8 Å². The van der Waals surface area contributed by atoms with E-state index in [0.29, 0.717) is 15.8 Å². The molecule has 2 aromatic carbocycles. The molecule has 0 fully saturated rings. The fourth-order valence-corrected chi connectivity index (χ4v) is 4.18. The number of phenolic OH excluding ortho intramolecular Hbond substituents is 1. The third-order valence-corrected chi connectivity index (χ3v) is 5.25. The van der Waals surface area contributed by atoms with Gasteiger partial charge in [-0.3, -0.25) is 4.79 Å². The quantitative estimate of drug-likeness (QED) is 0.493. The van der Waals surface area contributed by atoms with Crippen LogP contribution in [0.25, 0.3) is 32.5 Å². The Bertz CT molecular complexity index is 1130. The van der Waals surface area contributed by atoms with E-state index in [4.69, 9.17) is 0 Å². The molecule has 0 unspecified atom stereocenters. The molecule has 0 spiro atoms. The standard InChI is InChI=1S/C20H15NO3S/c1-11-15(12-5-3-2-4-6-12)17-18(23)16(19(24)21-20(17)25-11)13-7-9-14(22)10-8-13/h2-10,22H,1H3,(H2,21,23,24). The molecule has 0 aliphatic carbocycles. The summed E-state index contributed by atoms with van der Waals surface area (Å²) in [4.78, 5) is 17.1. The zero-order valence-electron chi connectivity index (χ0n) is 13.4. The number of fused-ring (bicyclic) bond motifs is 1. The summed E-state index contributed by atoms with van der Waals surface area (Å²) in [5.74, 6) is 0.0738. The number of hydrogen-bond donors (Lipinski definition) is 3. The molecule has 0 atom stereocenters. The maximum absolute atomic E-state index is 12.5. The average Bonchev–Trinajstić information content (AvgIpc) is 2.93. The molecule has 124 valence electrons. The molecule has 0 radical (unpaired) electrons. The lowest BCUT2D eigenvalue weighted by Crippen LogP contribution is -2.08. The lowest BCUT2D eigenvalue weighted by molar-refractivity contribution is 0.475. The van der Waals surface area contributed by atoms with Crippen LogP contribution < -0.4 is 5.56 Å². The molecule has 3 N–H and O–H groups in total. The summed E-state index contributed by atoms with van der Waals surface area (Å²) < 4.78 is 0. The highest BCUT2D eigenvalue weighted by Gasteiger charge is 2.20. The SMILES string of the molecule is Cc1sc2[nH]c(=O)c(-c3ccc(O)cc3)c(O)c2c1-c1ccccc1. The molecule has 25 heavy (non-hydrogen) atoms. The molecule has 4 aromatic rings. The minimum absolute atomic E-state index is 0.0346. The topological polar surface area (TPSA) is 73.3 Å². The van der Waals surface area contributed by atoms with Gasteiger partial charge in [-0.2, -0.15) is 0 Å². The van der Waals surface area contributed by atoms with Crippen molar-refractivity contribution >= 4 is 21.6 Å². The fraction of sp³-hybridized carbons (Fsp3) is 0.0500. The van der Waals surface area contributed by atoms with Gasteiger partial charge in [0.1, 0.15) is 16.3 Å². The van der Waals surface area contributed by atoms with Crippen LogP contribution in [0.5, 0.6) is 11.5 Å². The van der Waals surface area contributed by atoms with Crippen LogP contribution in [0.4, 0.5) is 0 Å². The van der Waals surface area contributed by atoms with Gasteiger partial charge in [-0.05, 0) is 30.2 Å². The Morgan fingerprint density at radius 2 is 1.52 bits per heavy atom. The predicted octanol–water partition coefficient (Wildman–Crippen LogP) is 4.64. The Morgan fingerprint density at radius 1 is 0.880 bits per heavy atom. The summed E-state index contributed by atoms with van der Waals surface area (Å²) in [5.41, 5.74) is 2.33. The van der Waals surface area contributed by atoms with Gasteiger partial charge in [0, 0.05) is 10.4 Å². The largest absolute Gasteiger partial charge is 0.508 e. The van der Waals surface area contributed by atoms with Crippen LogP contribution >= 0.6 is 11.3 Å². The predicted molar refractivity (Wildman–Crippen MR) is 101 cm³/mol. The van der Waals surface area contributed by atoms with E-state index < -0.39 is 0 Å². The Morgan fingerprint density at radius 3 is 2.20 bits per heavy atom. The van der Waals surface area contributed by atoms with E-state index in [0.717, 1.165) is 16.0 Å². The zero-order valence-corrected chi connectivity index (χ0v) is 14.2. The van der Waals surface area contributed by atoms with Crippen molar-refractivity contribution in [2.75, 3.05) is 0 Å². The van der Waals surface area contributed by atoms with Crippen molar-refractivity contribution in [1.82, 2.24) is 4.98 Å². The molecular formula is C20H15NO3S. The molecule has 0 aliphatic rings. The van der Waals surface area contributed by atoms with Crippen LogP contribution in [-0.4, -0.2) is 15.2 Å². The fourth-order valence-electron chi connectivity index (χ4n) is 3.11. The van der Waals surface area contributed by atoms with Crippen LogP contribution in [-0.2, 0) is 0 Å². The molecule has 4 nitrogen and oxygen atoms in total. The van der Waals surface area contributed by atoms with Gasteiger partial charge in [-0.25, -0.2) is 0 Å². The number of aromatic nitrogens is 1. The molecule has 0 saturated heterocycles. The smallest absolute Gasteiger partial charge is 0.260 e.